The molecule has 0 aliphatic heterocycles. The fourth-order valence-corrected chi connectivity index (χ4v) is 1.81. The summed E-state index contributed by atoms with van der Waals surface area (Å²) in [6, 6.07) is 1.09. The van der Waals surface area contributed by atoms with Crippen LogP contribution < -0.4 is 10.1 Å². The molecule has 0 aromatic carbocycles. The summed E-state index contributed by atoms with van der Waals surface area (Å²) in [5.74, 6) is -0.338. The summed E-state index contributed by atoms with van der Waals surface area (Å²) in [4.78, 5) is 27.4. The molecule has 0 saturated heterocycles. The number of pyridine rings is 1. The van der Waals surface area contributed by atoms with Crippen molar-refractivity contribution >= 4 is 23.7 Å². The van der Waals surface area contributed by atoms with Crippen LogP contribution in [0.5, 0.6) is 5.88 Å². The molecule has 1 N–H and O–H groups in total. The number of carbonyl (C=O) groups excluding carboxylic acids is 2. The van der Waals surface area contributed by atoms with Gasteiger partial charge in [0.2, 0.25) is 5.88 Å². The van der Waals surface area contributed by atoms with Crippen LogP contribution in [0.25, 0.3) is 0 Å². The van der Waals surface area contributed by atoms with E-state index in [0.29, 0.717) is 0 Å². The number of amides is 1. The SMILES string of the molecule is CCOC(=O)c1cc(OCC(C)NC(=O)OC(C)(C)C)ncc1Cl. The third kappa shape index (κ3) is 7.04. The molecule has 1 atom stereocenters. The van der Waals surface area contributed by atoms with Gasteiger partial charge in [0, 0.05) is 6.07 Å². The monoisotopic (exact) mass is 358 g/mol. The zero-order chi connectivity index (χ0) is 18.3. The van der Waals surface area contributed by atoms with E-state index in [0.717, 1.165) is 0 Å². The van der Waals surface area contributed by atoms with E-state index in [9.17, 15) is 9.59 Å². The number of hydrogen-bond acceptors (Lipinski definition) is 6. The van der Waals surface area contributed by atoms with Crippen molar-refractivity contribution < 1.29 is 23.8 Å². The number of esters is 1. The minimum Gasteiger partial charge on any atom is -0.475 e. The van der Waals surface area contributed by atoms with Gasteiger partial charge in [0.05, 0.1) is 29.4 Å². The fraction of sp³-hybridized carbons (Fsp3) is 0.562. The van der Waals surface area contributed by atoms with Crippen LogP contribution in [0.2, 0.25) is 5.02 Å². The molecule has 134 valence electrons. The highest BCUT2D eigenvalue weighted by atomic mass is 35.5. The lowest BCUT2D eigenvalue weighted by Gasteiger charge is -2.22. The normalized spacial score (nSPS) is 12.2. The lowest BCUT2D eigenvalue weighted by Crippen LogP contribution is -2.40. The number of ether oxygens (including phenoxy) is 3. The molecule has 0 spiro atoms. The summed E-state index contributed by atoms with van der Waals surface area (Å²) in [5.41, 5.74) is -0.395. The number of halogens is 1. The predicted molar refractivity (Wildman–Crippen MR) is 89.5 cm³/mol. The van der Waals surface area contributed by atoms with Gasteiger partial charge < -0.3 is 19.5 Å². The quantitative estimate of drug-likeness (QED) is 0.786. The molecule has 1 amide bonds. The molecule has 1 unspecified atom stereocenters. The van der Waals surface area contributed by atoms with Gasteiger partial charge in [-0.1, -0.05) is 11.6 Å². The number of rotatable bonds is 6. The minimum atomic E-state index is -0.572. The van der Waals surface area contributed by atoms with E-state index in [1.54, 1.807) is 34.6 Å². The molecule has 0 radical (unpaired) electrons. The number of nitrogens with zero attached hydrogens (tertiary/aromatic N) is 1. The Hall–Kier alpha value is -2.02. The Labute approximate surface area is 146 Å². The van der Waals surface area contributed by atoms with Gasteiger partial charge in [-0.2, -0.15) is 0 Å². The maximum absolute atomic E-state index is 11.8. The lowest BCUT2D eigenvalue weighted by atomic mass is 10.2. The van der Waals surface area contributed by atoms with Crippen LogP contribution in [0, 0.1) is 0 Å². The number of nitrogens with one attached hydrogen (secondary N) is 1. The number of hydrogen-bond donors (Lipinski definition) is 1. The van der Waals surface area contributed by atoms with Gasteiger partial charge in [0.1, 0.15) is 12.2 Å². The van der Waals surface area contributed by atoms with Crippen molar-refractivity contribution in [1.82, 2.24) is 10.3 Å². The van der Waals surface area contributed by atoms with Crippen LogP contribution in [0.15, 0.2) is 12.3 Å². The zero-order valence-corrected chi connectivity index (χ0v) is 15.3. The van der Waals surface area contributed by atoms with E-state index in [1.807, 2.05) is 0 Å². The Bertz CT molecular complexity index is 586. The van der Waals surface area contributed by atoms with Crippen LogP contribution in [0.4, 0.5) is 4.79 Å². The molecule has 0 saturated carbocycles. The molecule has 0 bridgehead atoms. The van der Waals surface area contributed by atoms with Crippen molar-refractivity contribution in [3.8, 4) is 5.88 Å². The van der Waals surface area contributed by atoms with Crippen LogP contribution in [0.3, 0.4) is 0 Å². The number of alkyl carbamates (subject to hydrolysis) is 1. The van der Waals surface area contributed by atoms with Crippen LogP contribution in [-0.4, -0.2) is 41.9 Å². The van der Waals surface area contributed by atoms with E-state index in [4.69, 9.17) is 25.8 Å². The third-order valence-corrected chi connectivity index (χ3v) is 2.87. The molecule has 7 nitrogen and oxygen atoms in total. The van der Waals surface area contributed by atoms with Crippen molar-refractivity contribution in [1.29, 1.82) is 0 Å². The van der Waals surface area contributed by atoms with Crippen LogP contribution >= 0.6 is 11.6 Å². The van der Waals surface area contributed by atoms with Crippen LogP contribution in [0.1, 0.15) is 45.0 Å². The Morgan fingerprint density at radius 2 is 2.04 bits per heavy atom. The first-order valence-corrected chi connectivity index (χ1v) is 7.95. The van der Waals surface area contributed by atoms with Gasteiger partial charge in [-0.25, -0.2) is 14.6 Å². The van der Waals surface area contributed by atoms with E-state index >= 15 is 0 Å². The zero-order valence-electron chi connectivity index (χ0n) is 14.5. The number of aromatic nitrogens is 1. The van der Waals surface area contributed by atoms with Gasteiger partial charge in [-0.3, -0.25) is 0 Å². The first-order valence-electron chi connectivity index (χ1n) is 7.57. The molecule has 8 heteroatoms. The summed E-state index contributed by atoms with van der Waals surface area (Å²) in [5, 5.41) is 2.83. The minimum absolute atomic E-state index is 0.149. The molecule has 1 rings (SSSR count). The smallest absolute Gasteiger partial charge is 0.407 e. The first-order chi connectivity index (χ1) is 11.1. The molecule has 1 aromatic rings. The number of carbonyl (C=O) groups is 2. The fourth-order valence-electron chi connectivity index (χ4n) is 1.62. The van der Waals surface area contributed by atoms with Gasteiger partial charge in [0.25, 0.3) is 0 Å². The summed E-state index contributed by atoms with van der Waals surface area (Å²) in [6.45, 7) is 9.19. The molecular weight excluding hydrogens is 336 g/mol. The van der Waals surface area contributed by atoms with E-state index in [1.165, 1.54) is 12.3 Å². The standard InChI is InChI=1S/C16H23ClN2O5/c1-6-22-14(20)11-7-13(18-8-12(11)17)23-9-10(2)19-15(21)24-16(3,4)5/h7-8,10H,6,9H2,1-5H3,(H,19,21). The molecular formula is C16H23ClN2O5. The lowest BCUT2D eigenvalue weighted by molar-refractivity contribution is 0.0492. The first kappa shape index (κ1) is 20.0. The van der Waals surface area contributed by atoms with Crippen molar-refractivity contribution in [2.75, 3.05) is 13.2 Å². The molecule has 1 aromatic heterocycles. The van der Waals surface area contributed by atoms with E-state index < -0.39 is 17.7 Å². The average molecular weight is 359 g/mol. The summed E-state index contributed by atoms with van der Waals surface area (Å²) >= 11 is 5.93. The Morgan fingerprint density at radius 3 is 2.62 bits per heavy atom. The van der Waals surface area contributed by atoms with Crippen molar-refractivity contribution in [2.24, 2.45) is 0 Å². The topological polar surface area (TPSA) is 86.8 Å². The average Bonchev–Trinajstić information content (AvgIpc) is 2.44. The Kier molecular flexibility index (Phi) is 7.28. The van der Waals surface area contributed by atoms with Gasteiger partial charge >= 0.3 is 12.1 Å². The van der Waals surface area contributed by atoms with E-state index in [-0.39, 0.29) is 35.7 Å². The van der Waals surface area contributed by atoms with Crippen molar-refractivity contribution in [3.05, 3.63) is 22.8 Å². The Balaban J connectivity index is 2.59. The molecule has 0 aliphatic rings. The largest absolute Gasteiger partial charge is 0.475 e. The molecule has 0 aliphatic carbocycles. The second kappa shape index (κ2) is 8.73. The molecule has 0 fully saturated rings. The van der Waals surface area contributed by atoms with Crippen LogP contribution in [-0.2, 0) is 9.47 Å². The second-order valence-electron chi connectivity index (χ2n) is 6.08. The molecule has 24 heavy (non-hydrogen) atoms. The maximum atomic E-state index is 11.8. The highest BCUT2D eigenvalue weighted by Gasteiger charge is 2.18. The van der Waals surface area contributed by atoms with Crippen molar-refractivity contribution in [2.45, 2.75) is 46.3 Å². The highest BCUT2D eigenvalue weighted by molar-refractivity contribution is 6.33. The Morgan fingerprint density at radius 1 is 1.38 bits per heavy atom. The van der Waals surface area contributed by atoms with E-state index in [2.05, 4.69) is 10.3 Å². The van der Waals surface area contributed by atoms with Gasteiger partial charge in [0.15, 0.2) is 0 Å². The van der Waals surface area contributed by atoms with Gasteiger partial charge in [-0.15, -0.1) is 0 Å². The third-order valence-electron chi connectivity index (χ3n) is 2.57. The summed E-state index contributed by atoms with van der Waals surface area (Å²) in [6.07, 6.45) is 0.782. The van der Waals surface area contributed by atoms with Gasteiger partial charge in [-0.05, 0) is 34.6 Å². The van der Waals surface area contributed by atoms with Crippen molar-refractivity contribution in [3.63, 3.8) is 0 Å². The second-order valence-corrected chi connectivity index (χ2v) is 6.49. The highest BCUT2D eigenvalue weighted by Crippen LogP contribution is 2.20. The summed E-state index contributed by atoms with van der Waals surface area (Å²) < 4.78 is 15.5. The predicted octanol–water partition coefficient (Wildman–Crippen LogP) is 3.20. The molecule has 1 heterocycles. The summed E-state index contributed by atoms with van der Waals surface area (Å²) in [7, 11) is 0. The maximum Gasteiger partial charge on any atom is 0.407 e.